The van der Waals surface area contributed by atoms with Crippen molar-refractivity contribution < 1.29 is 9.90 Å². The van der Waals surface area contributed by atoms with E-state index in [-0.39, 0.29) is 5.56 Å². The van der Waals surface area contributed by atoms with Crippen LogP contribution in [0.4, 0.5) is 0 Å². The summed E-state index contributed by atoms with van der Waals surface area (Å²) in [5, 5.41) is 12.9. The Morgan fingerprint density at radius 2 is 2.36 bits per heavy atom. The maximum absolute atomic E-state index is 10.7. The molecule has 4 heteroatoms. The number of rotatable bonds is 4. The van der Waals surface area contributed by atoms with Crippen molar-refractivity contribution in [2.24, 2.45) is 0 Å². The summed E-state index contributed by atoms with van der Waals surface area (Å²) >= 11 is 0. The SMILES string of the molecule is C=C(C)CCn1cc(C(=O)O)c(C)n1. The Morgan fingerprint density at radius 3 is 2.79 bits per heavy atom. The van der Waals surface area contributed by atoms with Gasteiger partial charge in [0.05, 0.1) is 5.69 Å². The highest BCUT2D eigenvalue weighted by molar-refractivity contribution is 5.88. The van der Waals surface area contributed by atoms with Gasteiger partial charge in [-0.1, -0.05) is 5.57 Å². The normalized spacial score (nSPS) is 10.1. The van der Waals surface area contributed by atoms with Gasteiger partial charge in [-0.25, -0.2) is 4.79 Å². The number of allylic oxidation sites excluding steroid dienone is 1. The largest absolute Gasteiger partial charge is 0.478 e. The molecule has 1 aromatic rings. The van der Waals surface area contributed by atoms with Gasteiger partial charge in [-0.2, -0.15) is 5.10 Å². The molecule has 76 valence electrons. The average molecular weight is 194 g/mol. The number of carboxylic acid groups (broad SMARTS) is 1. The van der Waals surface area contributed by atoms with Crippen molar-refractivity contribution in [3.8, 4) is 0 Å². The summed E-state index contributed by atoms with van der Waals surface area (Å²) < 4.78 is 1.65. The third-order valence-corrected chi connectivity index (χ3v) is 1.94. The summed E-state index contributed by atoms with van der Waals surface area (Å²) in [5.74, 6) is -0.927. The minimum absolute atomic E-state index is 0.270. The van der Waals surface area contributed by atoms with Crippen LogP contribution in [0.25, 0.3) is 0 Å². The van der Waals surface area contributed by atoms with Crippen LogP contribution in [-0.2, 0) is 6.54 Å². The Morgan fingerprint density at radius 1 is 1.71 bits per heavy atom. The third-order valence-electron chi connectivity index (χ3n) is 1.94. The molecule has 0 radical (unpaired) electrons. The zero-order chi connectivity index (χ0) is 10.7. The van der Waals surface area contributed by atoms with Gasteiger partial charge in [0.1, 0.15) is 5.56 Å². The lowest BCUT2D eigenvalue weighted by molar-refractivity contribution is 0.0696. The van der Waals surface area contributed by atoms with Gasteiger partial charge in [-0.3, -0.25) is 4.68 Å². The van der Waals surface area contributed by atoms with Crippen LogP contribution in [0.1, 0.15) is 29.4 Å². The van der Waals surface area contributed by atoms with Crippen molar-refractivity contribution in [2.75, 3.05) is 0 Å². The number of aromatic nitrogens is 2. The second kappa shape index (κ2) is 4.09. The van der Waals surface area contributed by atoms with E-state index >= 15 is 0 Å². The highest BCUT2D eigenvalue weighted by atomic mass is 16.4. The van der Waals surface area contributed by atoms with Gasteiger partial charge in [0.25, 0.3) is 0 Å². The first-order valence-electron chi connectivity index (χ1n) is 4.42. The molecule has 0 saturated carbocycles. The van der Waals surface area contributed by atoms with Crippen molar-refractivity contribution in [3.05, 3.63) is 29.6 Å². The molecule has 1 N–H and O–H groups in total. The molecule has 1 aromatic heterocycles. The molecule has 0 aliphatic carbocycles. The fourth-order valence-electron chi connectivity index (χ4n) is 1.15. The van der Waals surface area contributed by atoms with Crippen LogP contribution in [0, 0.1) is 6.92 Å². The lowest BCUT2D eigenvalue weighted by Gasteiger charge is -1.99. The van der Waals surface area contributed by atoms with E-state index in [1.807, 2.05) is 6.92 Å². The quantitative estimate of drug-likeness (QED) is 0.744. The molecule has 0 atom stereocenters. The Labute approximate surface area is 82.9 Å². The van der Waals surface area contributed by atoms with Gasteiger partial charge in [0.15, 0.2) is 0 Å². The van der Waals surface area contributed by atoms with Crippen LogP contribution < -0.4 is 0 Å². The van der Waals surface area contributed by atoms with Crippen LogP contribution in [0.5, 0.6) is 0 Å². The molecule has 0 aliphatic rings. The number of aromatic carboxylic acids is 1. The number of hydrogen-bond donors (Lipinski definition) is 1. The van der Waals surface area contributed by atoms with E-state index in [1.54, 1.807) is 17.8 Å². The second-order valence-electron chi connectivity index (χ2n) is 3.40. The smallest absolute Gasteiger partial charge is 0.339 e. The van der Waals surface area contributed by atoms with E-state index in [4.69, 9.17) is 5.11 Å². The topological polar surface area (TPSA) is 55.1 Å². The third kappa shape index (κ3) is 2.45. The van der Waals surface area contributed by atoms with E-state index in [2.05, 4.69) is 11.7 Å². The first-order valence-corrected chi connectivity index (χ1v) is 4.42. The summed E-state index contributed by atoms with van der Waals surface area (Å²) in [6.07, 6.45) is 2.38. The van der Waals surface area contributed by atoms with Crippen molar-refractivity contribution in [2.45, 2.75) is 26.8 Å². The monoisotopic (exact) mass is 194 g/mol. The summed E-state index contributed by atoms with van der Waals surface area (Å²) in [6.45, 7) is 8.10. The molecule has 0 amide bonds. The standard InChI is InChI=1S/C10H14N2O2/c1-7(2)4-5-12-6-9(10(13)14)8(3)11-12/h6H,1,4-5H2,2-3H3,(H,13,14). The summed E-state index contributed by atoms with van der Waals surface area (Å²) in [5.41, 5.74) is 1.89. The second-order valence-corrected chi connectivity index (χ2v) is 3.40. The Hall–Kier alpha value is -1.58. The number of nitrogens with zero attached hydrogens (tertiary/aromatic N) is 2. The molecule has 0 unspecified atom stereocenters. The predicted molar refractivity (Wildman–Crippen MR) is 53.4 cm³/mol. The molecule has 1 rings (SSSR count). The molecule has 0 aliphatic heterocycles. The first-order chi connectivity index (χ1) is 6.50. The minimum atomic E-state index is -0.927. The van der Waals surface area contributed by atoms with Gasteiger partial charge in [0.2, 0.25) is 0 Å². The molecule has 14 heavy (non-hydrogen) atoms. The van der Waals surface area contributed by atoms with E-state index in [0.29, 0.717) is 12.2 Å². The van der Waals surface area contributed by atoms with Crippen LogP contribution >= 0.6 is 0 Å². The van der Waals surface area contributed by atoms with Crippen molar-refractivity contribution in [3.63, 3.8) is 0 Å². The van der Waals surface area contributed by atoms with Crippen LogP contribution in [0.2, 0.25) is 0 Å². The van der Waals surface area contributed by atoms with E-state index in [0.717, 1.165) is 12.0 Å². The van der Waals surface area contributed by atoms with Gasteiger partial charge in [-0.05, 0) is 20.3 Å². The van der Waals surface area contributed by atoms with Crippen LogP contribution in [-0.4, -0.2) is 20.9 Å². The van der Waals surface area contributed by atoms with Gasteiger partial charge < -0.3 is 5.11 Å². The molecule has 0 fully saturated rings. The Balaban J connectivity index is 2.76. The van der Waals surface area contributed by atoms with E-state index in [1.165, 1.54) is 0 Å². The average Bonchev–Trinajstić information content (AvgIpc) is 2.43. The molecule has 0 bridgehead atoms. The summed E-state index contributed by atoms with van der Waals surface area (Å²) in [7, 11) is 0. The molecule has 0 spiro atoms. The number of carbonyl (C=O) groups is 1. The highest BCUT2D eigenvalue weighted by Gasteiger charge is 2.10. The van der Waals surface area contributed by atoms with Crippen LogP contribution in [0.15, 0.2) is 18.3 Å². The van der Waals surface area contributed by atoms with Crippen molar-refractivity contribution >= 4 is 5.97 Å². The molecule has 4 nitrogen and oxygen atoms in total. The minimum Gasteiger partial charge on any atom is -0.478 e. The molecular formula is C10H14N2O2. The lowest BCUT2D eigenvalue weighted by Crippen LogP contribution is -1.99. The molecule has 0 saturated heterocycles. The lowest BCUT2D eigenvalue weighted by atomic mass is 10.2. The highest BCUT2D eigenvalue weighted by Crippen LogP contribution is 2.07. The molecular weight excluding hydrogens is 180 g/mol. The molecule has 1 heterocycles. The number of aryl methyl sites for hydroxylation is 2. The fourth-order valence-corrected chi connectivity index (χ4v) is 1.15. The molecule has 0 aromatic carbocycles. The van der Waals surface area contributed by atoms with Crippen LogP contribution in [0.3, 0.4) is 0 Å². The first kappa shape index (κ1) is 10.5. The number of hydrogen-bond acceptors (Lipinski definition) is 2. The number of carboxylic acids is 1. The van der Waals surface area contributed by atoms with Crippen molar-refractivity contribution in [1.29, 1.82) is 0 Å². The zero-order valence-electron chi connectivity index (χ0n) is 8.45. The van der Waals surface area contributed by atoms with Crippen molar-refractivity contribution in [1.82, 2.24) is 9.78 Å². The van der Waals surface area contributed by atoms with E-state index < -0.39 is 5.97 Å². The van der Waals surface area contributed by atoms with E-state index in [9.17, 15) is 4.79 Å². The van der Waals surface area contributed by atoms with Gasteiger partial charge >= 0.3 is 5.97 Å². The fraction of sp³-hybridized carbons (Fsp3) is 0.400. The zero-order valence-corrected chi connectivity index (χ0v) is 8.45. The Bertz CT molecular complexity index is 366. The summed E-state index contributed by atoms with van der Waals surface area (Å²) in [4.78, 5) is 10.7. The maximum Gasteiger partial charge on any atom is 0.339 e. The van der Waals surface area contributed by atoms with Gasteiger partial charge in [0, 0.05) is 12.7 Å². The predicted octanol–water partition coefficient (Wildman–Crippen LogP) is 1.86. The van der Waals surface area contributed by atoms with Gasteiger partial charge in [-0.15, -0.1) is 6.58 Å². The summed E-state index contributed by atoms with van der Waals surface area (Å²) in [6, 6.07) is 0. The maximum atomic E-state index is 10.7. The Kier molecular flexibility index (Phi) is 3.06.